The number of hydrogen-bond donors (Lipinski definition) is 1. The second kappa shape index (κ2) is 8.20. The van der Waals surface area contributed by atoms with E-state index < -0.39 is 10.0 Å². The van der Waals surface area contributed by atoms with Crippen molar-refractivity contribution in [2.75, 3.05) is 0 Å². The molecule has 0 amide bonds. The Kier molecular flexibility index (Phi) is 5.48. The van der Waals surface area contributed by atoms with Crippen LogP contribution < -0.4 is 5.14 Å². The number of primary sulfonamides is 1. The molecule has 6 nitrogen and oxygen atoms in total. The number of pyridine rings is 1. The highest BCUT2D eigenvalue weighted by Crippen LogP contribution is 2.37. The van der Waals surface area contributed by atoms with Crippen molar-refractivity contribution in [2.45, 2.75) is 15.7 Å². The van der Waals surface area contributed by atoms with E-state index in [-0.39, 0.29) is 4.90 Å². The number of nitrogens with zero attached hydrogens (tertiary/aromatic N) is 2. The maximum absolute atomic E-state index is 11.6. The molecular formula is C21H17N3O3S2. The first-order valence-electron chi connectivity index (χ1n) is 8.73. The fourth-order valence-corrected chi connectivity index (χ4v) is 4.20. The van der Waals surface area contributed by atoms with E-state index in [2.05, 4.69) is 10.1 Å². The summed E-state index contributed by atoms with van der Waals surface area (Å²) < 4.78 is 28.8. The van der Waals surface area contributed by atoms with E-state index in [9.17, 15) is 8.42 Å². The van der Waals surface area contributed by atoms with Crippen LogP contribution in [0.1, 0.15) is 5.76 Å². The van der Waals surface area contributed by atoms with Gasteiger partial charge in [-0.2, -0.15) is 0 Å². The number of hydrogen-bond acceptors (Lipinski definition) is 6. The molecule has 0 unspecified atom stereocenters. The average Bonchev–Trinajstić information content (AvgIpc) is 3.17. The van der Waals surface area contributed by atoms with Crippen molar-refractivity contribution in [3.05, 3.63) is 84.8 Å². The number of sulfonamides is 1. The van der Waals surface area contributed by atoms with Crippen LogP contribution in [0.5, 0.6) is 0 Å². The van der Waals surface area contributed by atoms with Gasteiger partial charge in [0.25, 0.3) is 0 Å². The summed E-state index contributed by atoms with van der Waals surface area (Å²) in [6, 6.07) is 21.8. The molecule has 4 aromatic rings. The summed E-state index contributed by atoms with van der Waals surface area (Å²) >= 11 is 1.54. The minimum Gasteiger partial charge on any atom is -0.359 e. The zero-order valence-electron chi connectivity index (χ0n) is 15.2. The number of thioether (sulfide) groups is 1. The van der Waals surface area contributed by atoms with Crippen LogP contribution >= 0.6 is 11.8 Å². The lowest BCUT2D eigenvalue weighted by Gasteiger charge is -2.06. The molecule has 0 radical (unpaired) electrons. The molecule has 2 heterocycles. The minimum absolute atomic E-state index is 0.0587. The molecule has 2 aromatic heterocycles. The van der Waals surface area contributed by atoms with Crippen LogP contribution in [0.2, 0.25) is 0 Å². The van der Waals surface area contributed by atoms with Crippen LogP contribution in [-0.2, 0) is 15.8 Å². The van der Waals surface area contributed by atoms with Crippen LogP contribution in [-0.4, -0.2) is 18.6 Å². The molecule has 0 fully saturated rings. The van der Waals surface area contributed by atoms with Crippen molar-refractivity contribution in [1.82, 2.24) is 10.1 Å². The van der Waals surface area contributed by atoms with Gasteiger partial charge in [0, 0.05) is 11.8 Å². The van der Waals surface area contributed by atoms with Gasteiger partial charge in [0.05, 0.1) is 21.2 Å². The summed E-state index contributed by atoms with van der Waals surface area (Å²) in [7, 11) is -3.76. The lowest BCUT2D eigenvalue weighted by Crippen LogP contribution is -2.11. The van der Waals surface area contributed by atoms with Crippen LogP contribution in [0.25, 0.3) is 22.4 Å². The van der Waals surface area contributed by atoms with Gasteiger partial charge in [-0.25, -0.2) is 18.5 Å². The van der Waals surface area contributed by atoms with Gasteiger partial charge in [-0.15, -0.1) is 0 Å². The van der Waals surface area contributed by atoms with Crippen LogP contribution in [0.3, 0.4) is 0 Å². The number of aromatic nitrogens is 2. The predicted octanol–water partition coefficient (Wildman–Crippen LogP) is 4.34. The lowest BCUT2D eigenvalue weighted by atomic mass is 9.99. The summed E-state index contributed by atoms with van der Waals surface area (Å²) in [6.45, 7) is 0. The molecular weight excluding hydrogens is 406 g/mol. The van der Waals surface area contributed by atoms with Gasteiger partial charge in [0.1, 0.15) is 5.69 Å². The third-order valence-corrected chi connectivity index (χ3v) is 6.14. The molecule has 8 heteroatoms. The van der Waals surface area contributed by atoms with E-state index >= 15 is 0 Å². The zero-order valence-corrected chi connectivity index (χ0v) is 16.9. The fraction of sp³-hybridized carbons (Fsp3) is 0.0476. The first-order chi connectivity index (χ1) is 14.0. The molecule has 0 bridgehead atoms. The van der Waals surface area contributed by atoms with E-state index in [0.717, 1.165) is 21.7 Å². The Morgan fingerprint density at radius 1 is 0.897 bits per heavy atom. The molecule has 4 rings (SSSR count). The molecule has 0 aliphatic heterocycles. The molecule has 0 aliphatic carbocycles. The highest BCUT2D eigenvalue weighted by atomic mass is 32.2. The monoisotopic (exact) mass is 423 g/mol. The average molecular weight is 424 g/mol. The Balaban J connectivity index is 1.75. The molecule has 0 atom stereocenters. The second-order valence-electron chi connectivity index (χ2n) is 6.22. The lowest BCUT2D eigenvalue weighted by molar-refractivity contribution is 0.397. The van der Waals surface area contributed by atoms with Gasteiger partial charge < -0.3 is 4.52 Å². The zero-order chi connectivity index (χ0) is 20.3. The van der Waals surface area contributed by atoms with E-state index in [1.54, 1.807) is 18.3 Å². The van der Waals surface area contributed by atoms with Crippen LogP contribution in [0.4, 0.5) is 0 Å². The van der Waals surface area contributed by atoms with Crippen molar-refractivity contribution < 1.29 is 12.9 Å². The summed E-state index contributed by atoms with van der Waals surface area (Å²) in [5.41, 5.74) is 3.23. The molecule has 2 aromatic carbocycles. The topological polar surface area (TPSA) is 99.1 Å². The Morgan fingerprint density at radius 2 is 1.62 bits per heavy atom. The van der Waals surface area contributed by atoms with E-state index in [1.807, 2.05) is 48.5 Å². The Labute approximate surface area is 172 Å². The van der Waals surface area contributed by atoms with Crippen molar-refractivity contribution in [3.63, 3.8) is 0 Å². The van der Waals surface area contributed by atoms with Crippen LogP contribution in [0.15, 0.2) is 93.4 Å². The smallest absolute Gasteiger partial charge is 0.238 e. The standard InChI is InChI=1S/C21H17N3O3S2/c22-29(25,26)17-11-9-15(10-12-17)20-18(14-28-19-8-4-5-13-23-19)27-24-21(20)16-6-2-1-3-7-16/h1-13H,14H2,(H2,22,25,26). The van der Waals surface area contributed by atoms with Crippen LogP contribution in [0, 0.1) is 0 Å². The van der Waals surface area contributed by atoms with Gasteiger partial charge in [0.2, 0.25) is 10.0 Å². The van der Waals surface area contributed by atoms with Crippen molar-refractivity contribution in [1.29, 1.82) is 0 Å². The summed E-state index contributed by atoms with van der Waals surface area (Å²) in [5, 5.41) is 10.4. The fourth-order valence-electron chi connectivity index (χ4n) is 2.90. The molecule has 29 heavy (non-hydrogen) atoms. The maximum atomic E-state index is 11.6. The second-order valence-corrected chi connectivity index (χ2v) is 8.78. The third-order valence-electron chi connectivity index (χ3n) is 4.27. The van der Waals surface area contributed by atoms with Gasteiger partial charge in [-0.05, 0) is 29.8 Å². The highest BCUT2D eigenvalue weighted by Gasteiger charge is 2.20. The molecule has 146 valence electrons. The van der Waals surface area contributed by atoms with Crippen molar-refractivity contribution >= 4 is 21.8 Å². The maximum Gasteiger partial charge on any atom is 0.238 e. The van der Waals surface area contributed by atoms with E-state index in [4.69, 9.17) is 9.66 Å². The molecule has 0 saturated heterocycles. The minimum atomic E-state index is -3.76. The normalized spacial score (nSPS) is 11.5. The highest BCUT2D eigenvalue weighted by molar-refractivity contribution is 7.98. The van der Waals surface area contributed by atoms with Gasteiger partial charge in [-0.3, -0.25) is 0 Å². The third kappa shape index (κ3) is 4.40. The Morgan fingerprint density at radius 3 is 2.28 bits per heavy atom. The molecule has 0 spiro atoms. The Hall–Kier alpha value is -2.94. The number of rotatable bonds is 6. The molecule has 0 aliphatic rings. The van der Waals surface area contributed by atoms with Crippen molar-refractivity contribution in [2.24, 2.45) is 5.14 Å². The molecule has 0 saturated carbocycles. The van der Waals surface area contributed by atoms with E-state index in [1.165, 1.54) is 23.9 Å². The molecule has 2 N–H and O–H groups in total. The van der Waals surface area contributed by atoms with Gasteiger partial charge in [-0.1, -0.05) is 65.4 Å². The largest absolute Gasteiger partial charge is 0.359 e. The summed E-state index contributed by atoms with van der Waals surface area (Å²) in [4.78, 5) is 4.38. The van der Waals surface area contributed by atoms with E-state index in [0.29, 0.717) is 17.2 Å². The summed E-state index contributed by atoms with van der Waals surface area (Å²) in [6.07, 6.45) is 1.74. The first-order valence-corrected chi connectivity index (χ1v) is 11.3. The predicted molar refractivity (Wildman–Crippen MR) is 113 cm³/mol. The summed E-state index contributed by atoms with van der Waals surface area (Å²) in [5.74, 6) is 1.21. The van der Waals surface area contributed by atoms with Gasteiger partial charge in [0.15, 0.2) is 5.76 Å². The SMILES string of the molecule is NS(=O)(=O)c1ccc(-c2c(-c3ccccc3)noc2CSc2ccccn2)cc1. The quantitative estimate of drug-likeness (QED) is 0.463. The Bertz CT molecular complexity index is 1210. The van der Waals surface area contributed by atoms with Gasteiger partial charge >= 0.3 is 0 Å². The number of nitrogens with two attached hydrogens (primary N) is 1. The van der Waals surface area contributed by atoms with Crippen molar-refractivity contribution in [3.8, 4) is 22.4 Å². The number of benzene rings is 2. The first kappa shape index (κ1) is 19.4.